The largest absolute Gasteiger partial charge is 0.386 e. The van der Waals surface area contributed by atoms with Crippen LogP contribution in [0, 0.1) is 13.8 Å². The summed E-state index contributed by atoms with van der Waals surface area (Å²) in [7, 11) is 0. The Morgan fingerprint density at radius 2 is 1.70 bits per heavy atom. The van der Waals surface area contributed by atoms with Crippen molar-refractivity contribution in [2.75, 3.05) is 13.2 Å². The molecule has 1 N–H and O–H groups in total. The van der Waals surface area contributed by atoms with E-state index in [9.17, 15) is 5.11 Å². The van der Waals surface area contributed by atoms with Crippen LogP contribution in [0.15, 0.2) is 18.2 Å². The van der Waals surface area contributed by atoms with Crippen LogP contribution < -0.4 is 0 Å². The van der Waals surface area contributed by atoms with Crippen LogP contribution in [0.4, 0.5) is 0 Å². The van der Waals surface area contributed by atoms with Crippen LogP contribution in [0.5, 0.6) is 0 Å². The summed E-state index contributed by atoms with van der Waals surface area (Å²) in [4.78, 5) is 0. The predicted octanol–water partition coefficient (Wildman–Crippen LogP) is 4.71. The Morgan fingerprint density at radius 1 is 1.00 bits per heavy atom. The maximum Gasteiger partial charge on any atom is 0.102 e. The molecular formula is C18H30O2. The lowest BCUT2D eigenvalue weighted by atomic mass is 10.0. The topological polar surface area (TPSA) is 29.5 Å². The quantitative estimate of drug-likeness (QED) is 0.628. The monoisotopic (exact) mass is 278 g/mol. The van der Waals surface area contributed by atoms with E-state index in [0.717, 1.165) is 18.6 Å². The van der Waals surface area contributed by atoms with Crippen LogP contribution in [0.25, 0.3) is 0 Å². The van der Waals surface area contributed by atoms with Gasteiger partial charge in [-0.3, -0.25) is 0 Å². The highest BCUT2D eigenvalue weighted by atomic mass is 16.5. The number of aliphatic hydroxyl groups is 1. The van der Waals surface area contributed by atoms with Gasteiger partial charge in [-0.05, 0) is 37.0 Å². The van der Waals surface area contributed by atoms with Gasteiger partial charge in [-0.1, -0.05) is 57.2 Å². The van der Waals surface area contributed by atoms with Crippen molar-refractivity contribution in [1.82, 2.24) is 0 Å². The third-order valence-electron chi connectivity index (χ3n) is 3.83. The predicted molar refractivity (Wildman–Crippen MR) is 85.1 cm³/mol. The molecule has 0 fully saturated rings. The van der Waals surface area contributed by atoms with E-state index in [1.807, 2.05) is 12.1 Å². The second kappa shape index (κ2) is 9.95. The summed E-state index contributed by atoms with van der Waals surface area (Å²) in [5.74, 6) is 0. The van der Waals surface area contributed by atoms with Crippen molar-refractivity contribution in [2.24, 2.45) is 0 Å². The third-order valence-corrected chi connectivity index (χ3v) is 3.83. The molecule has 1 aromatic carbocycles. The maximum atomic E-state index is 10.1. The molecule has 0 saturated heterocycles. The molecule has 1 aromatic rings. The average molecular weight is 278 g/mol. The summed E-state index contributed by atoms with van der Waals surface area (Å²) >= 11 is 0. The number of aliphatic hydroxyl groups excluding tert-OH is 1. The van der Waals surface area contributed by atoms with Gasteiger partial charge < -0.3 is 9.84 Å². The fourth-order valence-corrected chi connectivity index (χ4v) is 2.25. The Balaban J connectivity index is 2.13. The van der Waals surface area contributed by atoms with E-state index >= 15 is 0 Å². The molecule has 114 valence electrons. The van der Waals surface area contributed by atoms with E-state index in [4.69, 9.17) is 4.74 Å². The first kappa shape index (κ1) is 17.2. The molecule has 20 heavy (non-hydrogen) atoms. The fourth-order valence-electron chi connectivity index (χ4n) is 2.25. The minimum Gasteiger partial charge on any atom is -0.386 e. The number of benzene rings is 1. The summed E-state index contributed by atoms with van der Waals surface area (Å²) in [6.45, 7) is 7.55. The minimum atomic E-state index is -0.505. The molecule has 0 amide bonds. The van der Waals surface area contributed by atoms with Crippen molar-refractivity contribution in [3.05, 3.63) is 34.9 Å². The molecule has 0 aliphatic rings. The van der Waals surface area contributed by atoms with Crippen LogP contribution in [-0.2, 0) is 4.74 Å². The molecule has 1 rings (SSSR count). The van der Waals surface area contributed by atoms with Gasteiger partial charge in [-0.2, -0.15) is 0 Å². The lowest BCUT2D eigenvalue weighted by Crippen LogP contribution is -2.08. The van der Waals surface area contributed by atoms with E-state index < -0.39 is 6.10 Å². The number of unbranched alkanes of at least 4 members (excludes halogenated alkanes) is 5. The second-order valence-corrected chi connectivity index (χ2v) is 5.70. The molecule has 0 aromatic heterocycles. The van der Waals surface area contributed by atoms with Crippen LogP contribution >= 0.6 is 0 Å². The van der Waals surface area contributed by atoms with Gasteiger partial charge in [0.2, 0.25) is 0 Å². The lowest BCUT2D eigenvalue weighted by Gasteiger charge is -2.13. The summed E-state index contributed by atoms with van der Waals surface area (Å²) in [5.41, 5.74) is 3.43. The van der Waals surface area contributed by atoms with E-state index in [1.165, 1.54) is 43.2 Å². The van der Waals surface area contributed by atoms with Gasteiger partial charge >= 0.3 is 0 Å². The molecule has 1 unspecified atom stereocenters. The van der Waals surface area contributed by atoms with Gasteiger partial charge in [0.1, 0.15) is 6.10 Å². The first-order valence-corrected chi connectivity index (χ1v) is 7.98. The van der Waals surface area contributed by atoms with Gasteiger partial charge in [0, 0.05) is 6.61 Å². The van der Waals surface area contributed by atoms with Gasteiger partial charge in [-0.15, -0.1) is 0 Å². The number of hydrogen-bond acceptors (Lipinski definition) is 2. The lowest BCUT2D eigenvalue weighted by molar-refractivity contribution is 0.0344. The van der Waals surface area contributed by atoms with Crippen molar-refractivity contribution in [2.45, 2.75) is 65.4 Å². The number of rotatable bonds is 10. The second-order valence-electron chi connectivity index (χ2n) is 5.70. The molecule has 0 radical (unpaired) electrons. The first-order chi connectivity index (χ1) is 9.65. The zero-order chi connectivity index (χ0) is 14.8. The average Bonchev–Trinajstić information content (AvgIpc) is 2.44. The smallest absolute Gasteiger partial charge is 0.102 e. The van der Waals surface area contributed by atoms with Crippen molar-refractivity contribution >= 4 is 0 Å². The highest BCUT2D eigenvalue weighted by Crippen LogP contribution is 2.17. The molecular weight excluding hydrogens is 248 g/mol. The molecule has 2 heteroatoms. The van der Waals surface area contributed by atoms with Crippen molar-refractivity contribution in [1.29, 1.82) is 0 Å². The summed E-state index contributed by atoms with van der Waals surface area (Å²) in [6, 6.07) is 6.09. The highest BCUT2D eigenvalue weighted by Gasteiger charge is 2.08. The molecule has 0 aliphatic heterocycles. The SMILES string of the molecule is CCCCCCCCOCC(O)c1ccc(C)c(C)c1. The van der Waals surface area contributed by atoms with E-state index in [0.29, 0.717) is 6.61 Å². The maximum absolute atomic E-state index is 10.1. The van der Waals surface area contributed by atoms with Crippen molar-refractivity contribution < 1.29 is 9.84 Å². The number of ether oxygens (including phenoxy) is 1. The number of aryl methyl sites for hydroxylation is 2. The van der Waals surface area contributed by atoms with Gasteiger partial charge in [0.15, 0.2) is 0 Å². The molecule has 2 nitrogen and oxygen atoms in total. The van der Waals surface area contributed by atoms with Crippen LogP contribution in [-0.4, -0.2) is 18.3 Å². The van der Waals surface area contributed by atoms with E-state index in [2.05, 4.69) is 26.8 Å². The fraction of sp³-hybridized carbons (Fsp3) is 0.667. The molecule has 1 atom stereocenters. The van der Waals surface area contributed by atoms with Crippen LogP contribution in [0.3, 0.4) is 0 Å². The van der Waals surface area contributed by atoms with Gasteiger partial charge in [0.05, 0.1) is 6.61 Å². The zero-order valence-corrected chi connectivity index (χ0v) is 13.3. The van der Waals surface area contributed by atoms with Crippen molar-refractivity contribution in [3.63, 3.8) is 0 Å². The normalized spacial score (nSPS) is 12.6. The first-order valence-electron chi connectivity index (χ1n) is 7.98. The van der Waals surface area contributed by atoms with Gasteiger partial charge in [0.25, 0.3) is 0 Å². The molecule has 0 bridgehead atoms. The minimum absolute atomic E-state index is 0.400. The molecule has 0 spiro atoms. The third kappa shape index (κ3) is 6.53. The molecule has 0 heterocycles. The van der Waals surface area contributed by atoms with E-state index in [-0.39, 0.29) is 0 Å². The standard InChI is InChI=1S/C18H30O2/c1-4-5-6-7-8-9-12-20-14-18(19)17-11-10-15(2)16(3)13-17/h10-11,13,18-19H,4-9,12,14H2,1-3H3. The molecule has 0 aliphatic carbocycles. The molecule has 0 saturated carbocycles. The Hall–Kier alpha value is -0.860. The highest BCUT2D eigenvalue weighted by molar-refractivity contribution is 5.31. The Morgan fingerprint density at radius 3 is 2.40 bits per heavy atom. The zero-order valence-electron chi connectivity index (χ0n) is 13.3. The van der Waals surface area contributed by atoms with Crippen LogP contribution in [0.1, 0.15) is 68.2 Å². The van der Waals surface area contributed by atoms with Crippen molar-refractivity contribution in [3.8, 4) is 0 Å². The van der Waals surface area contributed by atoms with Gasteiger partial charge in [-0.25, -0.2) is 0 Å². The Bertz CT molecular complexity index is 374. The van der Waals surface area contributed by atoms with Crippen LogP contribution in [0.2, 0.25) is 0 Å². The Kier molecular flexibility index (Phi) is 8.56. The summed E-state index contributed by atoms with van der Waals surface area (Å²) < 4.78 is 5.58. The van der Waals surface area contributed by atoms with E-state index in [1.54, 1.807) is 0 Å². The Labute approximate surface area is 124 Å². The summed E-state index contributed by atoms with van der Waals surface area (Å²) in [5, 5.41) is 10.1. The summed E-state index contributed by atoms with van der Waals surface area (Å²) in [6.07, 6.45) is 7.10. The number of hydrogen-bond donors (Lipinski definition) is 1.